The minimum absolute atomic E-state index is 0.0148. The van der Waals surface area contributed by atoms with Crippen LogP contribution in [-0.2, 0) is 16.0 Å². The average molecular weight is 294 g/mol. The number of aliphatic hydroxyl groups excluding tert-OH is 1. The minimum atomic E-state index is -1.14. The number of nitrogens with two attached hydrogens (primary N) is 1. The van der Waals surface area contributed by atoms with Crippen LogP contribution in [0, 0.1) is 0 Å². The molecule has 0 aliphatic carbocycles. The Morgan fingerprint density at radius 2 is 1.95 bits per heavy atom. The Kier molecular flexibility index (Phi) is 4.44. The van der Waals surface area contributed by atoms with E-state index in [1.165, 1.54) is 12.1 Å². The van der Waals surface area contributed by atoms with Crippen molar-refractivity contribution in [3.8, 4) is 5.75 Å². The summed E-state index contributed by atoms with van der Waals surface area (Å²) in [6, 6.07) is 4.37. The van der Waals surface area contributed by atoms with Gasteiger partial charge in [-0.05, 0) is 24.1 Å². The number of nitrogens with zero attached hydrogens (tertiary/aromatic N) is 1. The van der Waals surface area contributed by atoms with Gasteiger partial charge in [0.05, 0.1) is 12.1 Å². The molecule has 7 heteroatoms. The Balaban J connectivity index is 2.04. The number of aliphatic carboxylic acids is 1. The van der Waals surface area contributed by atoms with Crippen LogP contribution in [0.1, 0.15) is 12.0 Å². The van der Waals surface area contributed by atoms with Crippen LogP contribution in [0.25, 0.3) is 0 Å². The number of carbonyl (C=O) groups excluding carboxylic acids is 1. The molecule has 0 radical (unpaired) electrons. The topological polar surface area (TPSA) is 124 Å². The van der Waals surface area contributed by atoms with Crippen molar-refractivity contribution < 1.29 is 24.9 Å². The van der Waals surface area contributed by atoms with Crippen molar-refractivity contribution >= 4 is 11.9 Å². The molecule has 0 aromatic heterocycles. The molecule has 5 N–H and O–H groups in total. The van der Waals surface area contributed by atoms with Crippen LogP contribution in [0.3, 0.4) is 0 Å². The summed E-state index contributed by atoms with van der Waals surface area (Å²) in [6.45, 7) is -0.0148. The van der Waals surface area contributed by atoms with Gasteiger partial charge in [0.2, 0.25) is 5.91 Å². The van der Waals surface area contributed by atoms with E-state index in [4.69, 9.17) is 10.8 Å². The number of phenolic OH excluding ortho intramolecular Hbond substituents is 1. The SMILES string of the molecule is N[C@H](Cc1ccc(O)cc1)C(=O)N1C[C@H](O)C[C@@H]1C(=O)O. The Hall–Kier alpha value is -2.12. The van der Waals surface area contributed by atoms with Gasteiger partial charge in [-0.1, -0.05) is 12.1 Å². The highest BCUT2D eigenvalue weighted by Crippen LogP contribution is 2.20. The molecule has 21 heavy (non-hydrogen) atoms. The van der Waals surface area contributed by atoms with Crippen LogP contribution in [0.2, 0.25) is 0 Å². The molecular formula is C14H18N2O5. The Morgan fingerprint density at radius 3 is 2.52 bits per heavy atom. The Morgan fingerprint density at radius 1 is 1.33 bits per heavy atom. The molecule has 114 valence electrons. The molecular weight excluding hydrogens is 276 g/mol. The largest absolute Gasteiger partial charge is 0.508 e. The van der Waals surface area contributed by atoms with Gasteiger partial charge in [0.25, 0.3) is 0 Å². The molecule has 1 fully saturated rings. The first-order valence-corrected chi connectivity index (χ1v) is 6.63. The second-order valence-electron chi connectivity index (χ2n) is 5.21. The number of β-amino-alcohol motifs (C(OH)–C–C–N with tert-alkyl or cyclic N) is 1. The van der Waals surface area contributed by atoms with Gasteiger partial charge < -0.3 is 26.0 Å². The molecule has 1 aromatic rings. The molecule has 1 amide bonds. The predicted octanol–water partition coefficient (Wildman–Crippen LogP) is -0.692. The Labute approximate surface area is 121 Å². The maximum atomic E-state index is 12.3. The van der Waals surface area contributed by atoms with Crippen molar-refractivity contribution in [3.63, 3.8) is 0 Å². The van der Waals surface area contributed by atoms with E-state index in [1.807, 2.05) is 0 Å². The van der Waals surface area contributed by atoms with Crippen LogP contribution in [0.15, 0.2) is 24.3 Å². The average Bonchev–Trinajstić information content (AvgIpc) is 2.82. The van der Waals surface area contributed by atoms with Crippen molar-refractivity contribution in [2.75, 3.05) is 6.54 Å². The van der Waals surface area contributed by atoms with Crippen LogP contribution in [0.4, 0.5) is 0 Å². The van der Waals surface area contributed by atoms with E-state index in [0.717, 1.165) is 10.5 Å². The number of phenols is 1. The third kappa shape index (κ3) is 3.50. The zero-order chi connectivity index (χ0) is 15.6. The molecule has 0 unspecified atom stereocenters. The van der Waals surface area contributed by atoms with Crippen molar-refractivity contribution in [2.24, 2.45) is 5.73 Å². The highest BCUT2D eigenvalue weighted by atomic mass is 16.4. The molecule has 1 saturated heterocycles. The fraction of sp³-hybridized carbons (Fsp3) is 0.429. The number of rotatable bonds is 4. The lowest BCUT2D eigenvalue weighted by Gasteiger charge is -2.24. The van der Waals surface area contributed by atoms with Crippen molar-refractivity contribution in [2.45, 2.75) is 31.0 Å². The van der Waals surface area contributed by atoms with E-state index in [0.29, 0.717) is 0 Å². The van der Waals surface area contributed by atoms with E-state index >= 15 is 0 Å². The van der Waals surface area contributed by atoms with Crippen LogP contribution >= 0.6 is 0 Å². The third-order valence-electron chi connectivity index (χ3n) is 3.56. The highest BCUT2D eigenvalue weighted by molar-refractivity contribution is 5.87. The third-order valence-corrected chi connectivity index (χ3v) is 3.56. The van der Waals surface area contributed by atoms with E-state index < -0.39 is 30.1 Å². The minimum Gasteiger partial charge on any atom is -0.508 e. The summed E-state index contributed by atoms with van der Waals surface area (Å²) in [7, 11) is 0. The van der Waals surface area contributed by atoms with Crippen molar-refractivity contribution in [1.82, 2.24) is 4.90 Å². The standard InChI is InChI=1S/C14H18N2O5/c15-11(5-8-1-3-9(17)4-2-8)13(19)16-7-10(18)6-12(16)14(20)21/h1-4,10-12,17-18H,5-7,15H2,(H,20,21)/t10-,11-,12-/m1/s1. The fourth-order valence-electron chi connectivity index (χ4n) is 2.48. The number of benzene rings is 1. The maximum Gasteiger partial charge on any atom is 0.326 e. The molecule has 7 nitrogen and oxygen atoms in total. The van der Waals surface area contributed by atoms with E-state index in [2.05, 4.69) is 0 Å². The normalized spacial score (nSPS) is 23.0. The summed E-state index contributed by atoms with van der Waals surface area (Å²) in [5.41, 5.74) is 6.61. The predicted molar refractivity (Wildman–Crippen MR) is 73.5 cm³/mol. The summed E-state index contributed by atoms with van der Waals surface area (Å²) in [4.78, 5) is 24.5. The van der Waals surface area contributed by atoms with Crippen LogP contribution < -0.4 is 5.73 Å². The molecule has 0 saturated carbocycles. The quantitative estimate of drug-likeness (QED) is 0.582. The Bertz CT molecular complexity index is 531. The van der Waals surface area contributed by atoms with Crippen LogP contribution in [0.5, 0.6) is 5.75 Å². The molecule has 1 aliphatic heterocycles. The van der Waals surface area contributed by atoms with Gasteiger partial charge in [0.1, 0.15) is 11.8 Å². The van der Waals surface area contributed by atoms with E-state index in [-0.39, 0.29) is 25.1 Å². The number of carboxylic acids is 1. The maximum absolute atomic E-state index is 12.3. The summed E-state index contributed by atoms with van der Waals surface area (Å²) in [5, 5.41) is 27.8. The monoisotopic (exact) mass is 294 g/mol. The summed E-state index contributed by atoms with van der Waals surface area (Å²) in [5.74, 6) is -1.52. The smallest absolute Gasteiger partial charge is 0.326 e. The zero-order valence-electron chi connectivity index (χ0n) is 11.3. The molecule has 1 heterocycles. The number of amides is 1. The van der Waals surface area contributed by atoms with Gasteiger partial charge in [-0.2, -0.15) is 0 Å². The van der Waals surface area contributed by atoms with Gasteiger partial charge in [0.15, 0.2) is 0 Å². The van der Waals surface area contributed by atoms with Gasteiger partial charge >= 0.3 is 5.97 Å². The first-order chi connectivity index (χ1) is 9.88. The number of aromatic hydroxyl groups is 1. The molecule has 2 rings (SSSR count). The lowest BCUT2D eigenvalue weighted by atomic mass is 10.0. The molecule has 0 spiro atoms. The molecule has 1 aliphatic rings. The molecule has 0 bridgehead atoms. The number of carboxylic acid groups (broad SMARTS) is 1. The van der Waals surface area contributed by atoms with E-state index in [9.17, 15) is 19.8 Å². The van der Waals surface area contributed by atoms with Gasteiger partial charge in [-0.15, -0.1) is 0 Å². The van der Waals surface area contributed by atoms with Crippen molar-refractivity contribution in [1.29, 1.82) is 0 Å². The first-order valence-electron chi connectivity index (χ1n) is 6.63. The number of likely N-dealkylation sites (tertiary alicyclic amines) is 1. The second kappa shape index (κ2) is 6.11. The lowest BCUT2D eigenvalue weighted by Crippen LogP contribution is -2.49. The lowest BCUT2D eigenvalue weighted by molar-refractivity contribution is -0.148. The summed E-state index contributed by atoms with van der Waals surface area (Å²) < 4.78 is 0. The van der Waals surface area contributed by atoms with Gasteiger partial charge in [0, 0.05) is 13.0 Å². The van der Waals surface area contributed by atoms with Crippen LogP contribution in [-0.4, -0.2) is 56.8 Å². The number of aliphatic hydroxyl groups is 1. The number of carbonyl (C=O) groups is 2. The zero-order valence-corrected chi connectivity index (χ0v) is 11.3. The molecule has 3 atom stereocenters. The van der Waals surface area contributed by atoms with Gasteiger partial charge in [-0.25, -0.2) is 4.79 Å². The summed E-state index contributed by atoms with van der Waals surface area (Å²) in [6.07, 6.45) is -0.582. The summed E-state index contributed by atoms with van der Waals surface area (Å²) >= 11 is 0. The number of hydrogen-bond acceptors (Lipinski definition) is 5. The van der Waals surface area contributed by atoms with Gasteiger partial charge in [-0.3, -0.25) is 4.79 Å². The van der Waals surface area contributed by atoms with E-state index in [1.54, 1.807) is 12.1 Å². The molecule has 1 aromatic carbocycles. The second-order valence-corrected chi connectivity index (χ2v) is 5.21. The highest BCUT2D eigenvalue weighted by Gasteiger charge is 2.40. The van der Waals surface area contributed by atoms with Crippen molar-refractivity contribution in [3.05, 3.63) is 29.8 Å². The fourth-order valence-corrected chi connectivity index (χ4v) is 2.48. The first kappa shape index (κ1) is 15.3. The number of hydrogen-bond donors (Lipinski definition) is 4.